The molecule has 6 nitrogen and oxygen atoms in total. The fourth-order valence-corrected chi connectivity index (χ4v) is 2.97. The number of hydrogen-bond acceptors (Lipinski definition) is 4. The average molecular weight is 326 g/mol. The van der Waals surface area contributed by atoms with Gasteiger partial charge in [0.1, 0.15) is 4.90 Å². The van der Waals surface area contributed by atoms with Gasteiger partial charge in [0.2, 0.25) is 5.91 Å². The van der Waals surface area contributed by atoms with Crippen molar-refractivity contribution in [2.24, 2.45) is 5.73 Å². The molecule has 0 aliphatic heterocycles. The number of nitrogens with two attached hydrogens (primary N) is 2. The predicted molar refractivity (Wildman–Crippen MR) is 81.6 cm³/mol. The standard InChI is InChI=1S/C13H12ClN3O3S/c14-9-2-4-10(5-3-9)17-21(19,20)12-6-1-8(13(16)18)7-11(12)15/h1-7,17H,15H2,(H2,16,18). The molecule has 0 aliphatic carbocycles. The van der Waals surface area contributed by atoms with Gasteiger partial charge >= 0.3 is 0 Å². The zero-order valence-corrected chi connectivity index (χ0v) is 12.3. The minimum absolute atomic E-state index is 0.0623. The van der Waals surface area contributed by atoms with Gasteiger partial charge in [0.05, 0.1) is 5.69 Å². The molecule has 0 fully saturated rings. The summed E-state index contributed by atoms with van der Waals surface area (Å²) in [6.07, 6.45) is 0. The Balaban J connectivity index is 2.35. The van der Waals surface area contributed by atoms with E-state index in [4.69, 9.17) is 23.1 Å². The van der Waals surface area contributed by atoms with E-state index in [1.165, 1.54) is 30.3 Å². The van der Waals surface area contributed by atoms with Gasteiger partial charge in [-0.1, -0.05) is 11.6 Å². The second-order valence-corrected chi connectivity index (χ2v) is 6.32. The summed E-state index contributed by atoms with van der Waals surface area (Å²) in [5.41, 5.74) is 11.2. The van der Waals surface area contributed by atoms with Crippen LogP contribution in [0.4, 0.5) is 11.4 Å². The molecule has 0 atom stereocenters. The van der Waals surface area contributed by atoms with Crippen LogP contribution >= 0.6 is 11.6 Å². The zero-order chi connectivity index (χ0) is 15.6. The summed E-state index contributed by atoms with van der Waals surface area (Å²) in [7, 11) is -3.87. The molecule has 0 bridgehead atoms. The molecule has 5 N–H and O–H groups in total. The molecule has 1 amide bonds. The van der Waals surface area contributed by atoms with Crippen LogP contribution in [0.25, 0.3) is 0 Å². The molecule has 21 heavy (non-hydrogen) atoms. The third-order valence-electron chi connectivity index (χ3n) is 2.68. The number of rotatable bonds is 4. The van der Waals surface area contributed by atoms with Crippen molar-refractivity contribution >= 4 is 38.9 Å². The molecular weight excluding hydrogens is 314 g/mol. The van der Waals surface area contributed by atoms with Gasteiger partial charge in [0.25, 0.3) is 10.0 Å². The number of amides is 1. The van der Waals surface area contributed by atoms with Crippen LogP contribution in [0.3, 0.4) is 0 Å². The van der Waals surface area contributed by atoms with E-state index in [1.54, 1.807) is 12.1 Å². The second-order valence-electron chi connectivity index (χ2n) is 4.23. The number of carbonyl (C=O) groups excluding carboxylic acids is 1. The Morgan fingerprint density at radius 3 is 2.24 bits per heavy atom. The molecule has 0 aromatic heterocycles. The average Bonchev–Trinajstić information content (AvgIpc) is 2.40. The first-order valence-corrected chi connectivity index (χ1v) is 7.63. The van der Waals surface area contributed by atoms with Crippen LogP contribution in [0.5, 0.6) is 0 Å². The molecule has 0 radical (unpaired) electrons. The van der Waals surface area contributed by atoms with Crippen LogP contribution in [0.15, 0.2) is 47.4 Å². The lowest BCUT2D eigenvalue weighted by molar-refractivity contribution is 0.1000. The van der Waals surface area contributed by atoms with Crippen LogP contribution in [0.2, 0.25) is 5.02 Å². The van der Waals surface area contributed by atoms with Crippen LogP contribution in [0.1, 0.15) is 10.4 Å². The Hall–Kier alpha value is -2.25. The van der Waals surface area contributed by atoms with Crippen LogP contribution < -0.4 is 16.2 Å². The molecule has 0 saturated carbocycles. The van der Waals surface area contributed by atoms with Crippen molar-refractivity contribution in [2.45, 2.75) is 4.90 Å². The summed E-state index contributed by atoms with van der Waals surface area (Å²) in [5.74, 6) is -0.684. The zero-order valence-electron chi connectivity index (χ0n) is 10.7. The first kappa shape index (κ1) is 15.1. The molecule has 0 unspecified atom stereocenters. The van der Waals surface area contributed by atoms with Crippen LogP contribution in [-0.2, 0) is 10.0 Å². The Bertz CT molecular complexity index is 789. The van der Waals surface area contributed by atoms with Crippen molar-refractivity contribution in [1.82, 2.24) is 0 Å². The van der Waals surface area contributed by atoms with Crippen LogP contribution in [0, 0.1) is 0 Å². The lowest BCUT2D eigenvalue weighted by Crippen LogP contribution is -2.16. The quantitative estimate of drug-likeness (QED) is 0.743. The van der Waals surface area contributed by atoms with E-state index in [-0.39, 0.29) is 16.1 Å². The van der Waals surface area contributed by atoms with Gasteiger partial charge < -0.3 is 11.5 Å². The molecule has 0 heterocycles. The largest absolute Gasteiger partial charge is 0.398 e. The van der Waals surface area contributed by atoms with E-state index in [1.807, 2.05) is 0 Å². The maximum Gasteiger partial charge on any atom is 0.263 e. The van der Waals surface area contributed by atoms with Gasteiger partial charge in [-0.2, -0.15) is 0 Å². The summed E-state index contributed by atoms with van der Waals surface area (Å²) >= 11 is 5.73. The third kappa shape index (κ3) is 3.45. The highest BCUT2D eigenvalue weighted by atomic mass is 35.5. The van der Waals surface area contributed by atoms with Crippen LogP contribution in [-0.4, -0.2) is 14.3 Å². The smallest absolute Gasteiger partial charge is 0.263 e. The fraction of sp³-hybridized carbons (Fsp3) is 0. The van der Waals surface area contributed by atoms with E-state index < -0.39 is 15.9 Å². The van der Waals surface area contributed by atoms with Gasteiger partial charge in [-0.25, -0.2) is 8.42 Å². The van der Waals surface area contributed by atoms with E-state index in [9.17, 15) is 13.2 Å². The molecule has 110 valence electrons. The molecule has 2 aromatic carbocycles. The molecule has 2 aromatic rings. The monoisotopic (exact) mass is 325 g/mol. The summed E-state index contributed by atoms with van der Waals surface area (Å²) in [6.45, 7) is 0. The number of primary amides is 1. The number of halogens is 1. The Morgan fingerprint density at radius 1 is 1.10 bits per heavy atom. The summed E-state index contributed by atoms with van der Waals surface area (Å²) in [4.78, 5) is 10.9. The number of sulfonamides is 1. The van der Waals surface area contributed by atoms with E-state index in [0.29, 0.717) is 10.7 Å². The number of benzene rings is 2. The number of anilines is 2. The Morgan fingerprint density at radius 2 is 1.71 bits per heavy atom. The predicted octanol–water partition coefficient (Wildman–Crippen LogP) is 1.82. The fourth-order valence-electron chi connectivity index (χ4n) is 1.67. The highest BCUT2D eigenvalue weighted by molar-refractivity contribution is 7.92. The van der Waals surface area contributed by atoms with Crippen molar-refractivity contribution in [3.8, 4) is 0 Å². The van der Waals surface area contributed by atoms with Crippen molar-refractivity contribution in [3.63, 3.8) is 0 Å². The minimum Gasteiger partial charge on any atom is -0.398 e. The number of hydrogen-bond donors (Lipinski definition) is 3. The topological polar surface area (TPSA) is 115 Å². The van der Waals surface area contributed by atoms with Gasteiger partial charge in [-0.15, -0.1) is 0 Å². The van der Waals surface area contributed by atoms with E-state index in [0.717, 1.165) is 0 Å². The van der Waals surface area contributed by atoms with Gasteiger partial charge in [0, 0.05) is 16.3 Å². The molecule has 0 aliphatic rings. The van der Waals surface area contributed by atoms with E-state index >= 15 is 0 Å². The summed E-state index contributed by atoms with van der Waals surface area (Å²) in [5, 5.41) is 0.489. The van der Waals surface area contributed by atoms with Crippen molar-refractivity contribution in [3.05, 3.63) is 53.1 Å². The first-order valence-electron chi connectivity index (χ1n) is 5.77. The minimum atomic E-state index is -3.87. The SMILES string of the molecule is NC(=O)c1ccc(S(=O)(=O)Nc2ccc(Cl)cc2)c(N)c1. The van der Waals surface area contributed by atoms with Gasteiger partial charge in [-0.05, 0) is 42.5 Å². The molecular formula is C13H12ClN3O3S. The normalized spacial score (nSPS) is 11.1. The highest BCUT2D eigenvalue weighted by Gasteiger charge is 2.18. The van der Waals surface area contributed by atoms with Gasteiger partial charge in [0.15, 0.2) is 0 Å². The maximum atomic E-state index is 12.2. The lowest BCUT2D eigenvalue weighted by atomic mass is 10.2. The van der Waals surface area contributed by atoms with Crippen molar-refractivity contribution in [1.29, 1.82) is 0 Å². The maximum absolute atomic E-state index is 12.2. The number of nitrogen functional groups attached to an aromatic ring is 1. The summed E-state index contributed by atoms with van der Waals surface area (Å²) in [6, 6.07) is 9.90. The first-order chi connectivity index (χ1) is 9.79. The van der Waals surface area contributed by atoms with Gasteiger partial charge in [-0.3, -0.25) is 9.52 Å². The summed E-state index contributed by atoms with van der Waals surface area (Å²) < 4.78 is 26.9. The Labute approximate surface area is 126 Å². The lowest BCUT2D eigenvalue weighted by Gasteiger charge is -2.11. The molecule has 0 saturated heterocycles. The van der Waals surface area contributed by atoms with Crippen molar-refractivity contribution in [2.75, 3.05) is 10.5 Å². The molecule has 8 heteroatoms. The van der Waals surface area contributed by atoms with E-state index in [2.05, 4.69) is 4.72 Å². The third-order valence-corrected chi connectivity index (χ3v) is 4.39. The number of carbonyl (C=O) groups is 1. The second kappa shape index (κ2) is 5.63. The number of nitrogens with one attached hydrogen (secondary N) is 1. The highest BCUT2D eigenvalue weighted by Crippen LogP contribution is 2.23. The molecule has 0 spiro atoms. The van der Waals surface area contributed by atoms with Crippen molar-refractivity contribution < 1.29 is 13.2 Å². The molecule has 2 rings (SSSR count). The Kier molecular flexibility index (Phi) is 4.06.